The maximum Gasteiger partial charge on any atom is 0.224 e. The summed E-state index contributed by atoms with van der Waals surface area (Å²) in [7, 11) is 1.82. The first-order chi connectivity index (χ1) is 10.2. The molecule has 0 radical (unpaired) electrons. The van der Waals surface area contributed by atoms with Gasteiger partial charge in [-0.05, 0) is 12.1 Å². The molecule has 0 aliphatic rings. The largest absolute Gasteiger partial charge is 0.341 e. The number of aromatic nitrogens is 2. The third kappa shape index (κ3) is 4.74. The zero-order chi connectivity index (χ0) is 15.1. The number of nitrogens with zero attached hydrogens (tertiary/aromatic N) is 3. The molecule has 0 saturated carbocycles. The van der Waals surface area contributed by atoms with Crippen LogP contribution in [0.2, 0.25) is 0 Å². The number of aryl methyl sites for hydroxylation is 1. The molecule has 2 heterocycles. The lowest BCUT2D eigenvalue weighted by Gasteiger charge is -2.16. The zero-order valence-corrected chi connectivity index (χ0v) is 12.8. The van der Waals surface area contributed by atoms with Crippen molar-refractivity contribution < 1.29 is 4.79 Å². The zero-order valence-electron chi connectivity index (χ0n) is 12.0. The lowest BCUT2D eigenvalue weighted by molar-refractivity contribution is -0.130. The first-order valence-corrected chi connectivity index (χ1v) is 7.54. The van der Waals surface area contributed by atoms with Crippen molar-refractivity contribution in [1.82, 2.24) is 14.7 Å². The molecule has 0 aromatic carbocycles. The Balaban J connectivity index is 1.84. The molecule has 2 N–H and O–H groups in total. The Hall–Kier alpha value is -2.10. The smallest absolute Gasteiger partial charge is 0.224 e. The standard InChI is InChI=1S/C15H18N4OS/c1-18(15(20)5-9-19-8-3-7-17-19)11-14-10-13(12-21-14)4-2-6-16/h3,7-8,10,12H,5-6,9,11,16H2,1H3. The van der Waals surface area contributed by atoms with Gasteiger partial charge in [0, 0.05) is 48.2 Å². The van der Waals surface area contributed by atoms with Gasteiger partial charge in [-0.3, -0.25) is 9.48 Å². The van der Waals surface area contributed by atoms with Gasteiger partial charge in [-0.15, -0.1) is 11.3 Å². The van der Waals surface area contributed by atoms with Crippen LogP contribution in [0, 0.1) is 11.8 Å². The molecular formula is C15H18N4OS. The molecule has 0 saturated heterocycles. The minimum absolute atomic E-state index is 0.105. The van der Waals surface area contributed by atoms with E-state index < -0.39 is 0 Å². The lowest BCUT2D eigenvalue weighted by atomic mass is 10.3. The van der Waals surface area contributed by atoms with E-state index in [4.69, 9.17) is 5.73 Å². The Bertz CT molecular complexity index is 636. The molecule has 0 unspecified atom stereocenters. The van der Waals surface area contributed by atoms with Gasteiger partial charge in [-0.2, -0.15) is 5.10 Å². The quantitative estimate of drug-likeness (QED) is 0.847. The second kappa shape index (κ2) is 7.62. The Labute approximate surface area is 128 Å². The number of nitrogens with two attached hydrogens (primary N) is 1. The molecule has 1 amide bonds. The third-order valence-electron chi connectivity index (χ3n) is 2.92. The molecule has 0 bridgehead atoms. The van der Waals surface area contributed by atoms with E-state index in [9.17, 15) is 4.79 Å². The highest BCUT2D eigenvalue weighted by Crippen LogP contribution is 2.16. The van der Waals surface area contributed by atoms with Gasteiger partial charge in [0.05, 0.1) is 13.1 Å². The molecular weight excluding hydrogens is 284 g/mol. The lowest BCUT2D eigenvalue weighted by Crippen LogP contribution is -2.26. The normalized spacial score (nSPS) is 10.0. The SMILES string of the molecule is CN(Cc1cc(C#CCN)cs1)C(=O)CCn1cccn1. The molecule has 2 aromatic heterocycles. The summed E-state index contributed by atoms with van der Waals surface area (Å²) in [5.41, 5.74) is 6.30. The van der Waals surface area contributed by atoms with E-state index in [-0.39, 0.29) is 5.91 Å². The van der Waals surface area contributed by atoms with Crippen LogP contribution >= 0.6 is 11.3 Å². The van der Waals surface area contributed by atoms with Crippen molar-refractivity contribution >= 4 is 17.2 Å². The summed E-state index contributed by atoms with van der Waals surface area (Å²) in [6.07, 6.45) is 4.02. The fourth-order valence-corrected chi connectivity index (χ4v) is 2.71. The van der Waals surface area contributed by atoms with E-state index in [1.165, 1.54) is 0 Å². The van der Waals surface area contributed by atoms with Crippen LogP contribution in [0.3, 0.4) is 0 Å². The first-order valence-electron chi connectivity index (χ1n) is 6.67. The topological polar surface area (TPSA) is 64.2 Å². The monoisotopic (exact) mass is 302 g/mol. The van der Waals surface area contributed by atoms with Crippen LogP contribution in [-0.4, -0.2) is 34.2 Å². The van der Waals surface area contributed by atoms with Crippen LogP contribution < -0.4 is 5.73 Å². The van der Waals surface area contributed by atoms with E-state index in [1.54, 1.807) is 27.1 Å². The average Bonchev–Trinajstić information content (AvgIpc) is 3.14. The number of thiophene rings is 1. The summed E-state index contributed by atoms with van der Waals surface area (Å²) >= 11 is 1.61. The van der Waals surface area contributed by atoms with Crippen LogP contribution in [0.4, 0.5) is 0 Å². The Kier molecular flexibility index (Phi) is 5.55. The van der Waals surface area contributed by atoms with Gasteiger partial charge in [-0.25, -0.2) is 0 Å². The third-order valence-corrected chi connectivity index (χ3v) is 3.84. The molecule has 0 spiro atoms. The minimum Gasteiger partial charge on any atom is -0.341 e. The van der Waals surface area contributed by atoms with Crippen LogP contribution in [0.15, 0.2) is 29.9 Å². The average molecular weight is 302 g/mol. The van der Waals surface area contributed by atoms with Crippen molar-refractivity contribution in [2.24, 2.45) is 5.73 Å². The second-order valence-electron chi connectivity index (χ2n) is 4.58. The molecule has 110 valence electrons. The molecule has 0 aliphatic heterocycles. The maximum atomic E-state index is 12.1. The number of carbonyl (C=O) groups excluding carboxylic acids is 1. The van der Waals surface area contributed by atoms with Gasteiger partial charge in [0.2, 0.25) is 5.91 Å². The van der Waals surface area contributed by atoms with Crippen LogP contribution in [0.5, 0.6) is 0 Å². The summed E-state index contributed by atoms with van der Waals surface area (Å²) in [4.78, 5) is 14.9. The van der Waals surface area contributed by atoms with E-state index >= 15 is 0 Å². The van der Waals surface area contributed by atoms with Gasteiger partial charge in [0.15, 0.2) is 0 Å². The highest BCUT2D eigenvalue weighted by Gasteiger charge is 2.10. The molecule has 5 nitrogen and oxygen atoms in total. The van der Waals surface area contributed by atoms with Gasteiger partial charge in [-0.1, -0.05) is 11.8 Å². The van der Waals surface area contributed by atoms with Gasteiger partial charge >= 0.3 is 0 Å². The number of carbonyl (C=O) groups is 1. The van der Waals surface area contributed by atoms with E-state index in [0.29, 0.717) is 26.1 Å². The summed E-state index contributed by atoms with van der Waals surface area (Å²) in [6, 6.07) is 3.86. The van der Waals surface area contributed by atoms with Crippen molar-refractivity contribution in [3.05, 3.63) is 40.3 Å². The van der Waals surface area contributed by atoms with Crippen molar-refractivity contribution in [2.45, 2.75) is 19.5 Å². The summed E-state index contributed by atoms with van der Waals surface area (Å²) < 4.78 is 1.76. The predicted octanol–water partition coefficient (Wildman–Crippen LogP) is 1.30. The number of hydrogen-bond donors (Lipinski definition) is 1. The van der Waals surface area contributed by atoms with Crippen LogP contribution in [-0.2, 0) is 17.9 Å². The fraction of sp³-hybridized carbons (Fsp3) is 0.333. The summed E-state index contributed by atoms with van der Waals surface area (Å²) in [5.74, 6) is 5.92. The minimum atomic E-state index is 0.105. The Morgan fingerprint density at radius 1 is 1.57 bits per heavy atom. The molecule has 0 aliphatic carbocycles. The molecule has 0 atom stereocenters. The maximum absolute atomic E-state index is 12.1. The predicted molar refractivity (Wildman–Crippen MR) is 83.6 cm³/mol. The van der Waals surface area contributed by atoms with Crippen LogP contribution in [0.25, 0.3) is 0 Å². The fourth-order valence-electron chi connectivity index (χ4n) is 1.84. The van der Waals surface area contributed by atoms with Gasteiger partial charge in [0.25, 0.3) is 0 Å². The van der Waals surface area contributed by atoms with Crippen molar-refractivity contribution in [2.75, 3.05) is 13.6 Å². The second-order valence-corrected chi connectivity index (χ2v) is 5.57. The van der Waals surface area contributed by atoms with E-state index in [1.807, 2.05) is 30.8 Å². The summed E-state index contributed by atoms with van der Waals surface area (Å²) in [5, 5.41) is 6.07. The van der Waals surface area contributed by atoms with Crippen LogP contribution in [0.1, 0.15) is 16.9 Å². The molecule has 0 fully saturated rings. The van der Waals surface area contributed by atoms with E-state index in [2.05, 4.69) is 16.9 Å². The number of amides is 1. The first kappa shape index (κ1) is 15.3. The molecule has 2 rings (SSSR count). The number of rotatable bonds is 5. The van der Waals surface area contributed by atoms with Crippen molar-refractivity contribution in [1.29, 1.82) is 0 Å². The number of hydrogen-bond acceptors (Lipinski definition) is 4. The highest BCUT2D eigenvalue weighted by molar-refractivity contribution is 7.10. The Morgan fingerprint density at radius 3 is 3.14 bits per heavy atom. The molecule has 2 aromatic rings. The summed E-state index contributed by atoms with van der Waals surface area (Å²) in [6.45, 7) is 1.57. The van der Waals surface area contributed by atoms with E-state index in [0.717, 1.165) is 10.4 Å². The van der Waals surface area contributed by atoms with Crippen molar-refractivity contribution in [3.63, 3.8) is 0 Å². The van der Waals surface area contributed by atoms with Gasteiger partial charge < -0.3 is 10.6 Å². The van der Waals surface area contributed by atoms with Crippen molar-refractivity contribution in [3.8, 4) is 11.8 Å². The Morgan fingerprint density at radius 2 is 2.43 bits per heavy atom. The molecule has 21 heavy (non-hydrogen) atoms. The van der Waals surface area contributed by atoms with Gasteiger partial charge in [0.1, 0.15) is 0 Å². The highest BCUT2D eigenvalue weighted by atomic mass is 32.1. The molecule has 6 heteroatoms.